The molecule has 5 heteroatoms. The zero-order valence-electron chi connectivity index (χ0n) is 12.1. The molecule has 0 fully saturated rings. The molecule has 0 spiro atoms. The van der Waals surface area contributed by atoms with Gasteiger partial charge in [-0.05, 0) is 36.2 Å². The molecule has 2 rings (SSSR count). The Balaban J connectivity index is 2.47. The fourth-order valence-electron chi connectivity index (χ4n) is 2.26. The fraction of sp³-hybridized carbons (Fsp3) is 0.312. The third kappa shape index (κ3) is 3.08. The van der Waals surface area contributed by atoms with Gasteiger partial charge in [0, 0.05) is 0 Å². The minimum absolute atomic E-state index is 0.154. The zero-order valence-corrected chi connectivity index (χ0v) is 12.9. The minimum Gasteiger partial charge on any atom is -0.465 e. The summed E-state index contributed by atoms with van der Waals surface area (Å²) in [7, 11) is -3.74. The molecule has 0 radical (unpaired) electrons. The van der Waals surface area contributed by atoms with Gasteiger partial charge in [0.05, 0.1) is 11.5 Å². The third-order valence-corrected chi connectivity index (χ3v) is 5.53. The molecule has 0 aliphatic rings. The number of carbonyl (C=O) groups excluding carboxylic acids is 1. The fourth-order valence-corrected chi connectivity index (χ4v) is 3.89. The van der Waals surface area contributed by atoms with Crippen molar-refractivity contribution in [1.29, 1.82) is 0 Å². The Morgan fingerprint density at radius 2 is 1.76 bits per heavy atom. The van der Waals surface area contributed by atoms with Crippen LogP contribution in [0, 0.1) is 0 Å². The van der Waals surface area contributed by atoms with Crippen LogP contribution in [0.4, 0.5) is 0 Å². The summed E-state index contributed by atoms with van der Waals surface area (Å²) in [6.45, 7) is 3.50. The number of ether oxygens (including phenoxy) is 1. The van der Waals surface area contributed by atoms with Gasteiger partial charge < -0.3 is 4.74 Å². The Morgan fingerprint density at radius 3 is 2.38 bits per heavy atom. The van der Waals surface area contributed by atoms with Crippen molar-refractivity contribution in [2.24, 2.45) is 0 Å². The van der Waals surface area contributed by atoms with Crippen molar-refractivity contribution in [2.75, 3.05) is 6.61 Å². The Kier molecular flexibility index (Phi) is 4.63. The van der Waals surface area contributed by atoms with Crippen LogP contribution in [0.15, 0.2) is 47.4 Å². The van der Waals surface area contributed by atoms with E-state index in [-0.39, 0.29) is 17.9 Å². The summed E-state index contributed by atoms with van der Waals surface area (Å²) in [6.07, 6.45) is 0.188. The van der Waals surface area contributed by atoms with Gasteiger partial charge in [-0.3, -0.25) is 4.79 Å². The number of hydrogen-bond donors (Lipinski definition) is 0. The molecule has 0 aliphatic carbocycles. The number of sulfone groups is 1. The quantitative estimate of drug-likeness (QED) is 0.797. The predicted octanol–water partition coefficient (Wildman–Crippen LogP) is 2.96. The van der Waals surface area contributed by atoms with Crippen molar-refractivity contribution < 1.29 is 17.9 Å². The van der Waals surface area contributed by atoms with E-state index in [0.29, 0.717) is 0 Å². The first kappa shape index (κ1) is 15.5. The molecular formula is C16H18O4S. The molecule has 0 bridgehead atoms. The van der Waals surface area contributed by atoms with E-state index in [1.165, 1.54) is 0 Å². The lowest BCUT2D eigenvalue weighted by Gasteiger charge is -2.15. The van der Waals surface area contributed by atoms with E-state index < -0.39 is 21.1 Å². The van der Waals surface area contributed by atoms with Crippen molar-refractivity contribution in [3.05, 3.63) is 42.5 Å². The van der Waals surface area contributed by atoms with E-state index in [0.717, 1.165) is 10.8 Å². The van der Waals surface area contributed by atoms with Crippen LogP contribution in [0.2, 0.25) is 0 Å². The van der Waals surface area contributed by atoms with E-state index in [9.17, 15) is 13.2 Å². The van der Waals surface area contributed by atoms with Gasteiger partial charge in [0.2, 0.25) is 0 Å². The van der Waals surface area contributed by atoms with E-state index in [4.69, 9.17) is 4.74 Å². The van der Waals surface area contributed by atoms with Gasteiger partial charge in [-0.15, -0.1) is 0 Å². The average molecular weight is 306 g/mol. The van der Waals surface area contributed by atoms with Gasteiger partial charge in [-0.1, -0.05) is 37.3 Å². The summed E-state index contributed by atoms with van der Waals surface area (Å²) in [5.74, 6) is -0.687. The lowest BCUT2D eigenvalue weighted by atomic mass is 10.1. The summed E-state index contributed by atoms with van der Waals surface area (Å²) in [5, 5.41) is 0.636. The zero-order chi connectivity index (χ0) is 15.5. The van der Waals surface area contributed by atoms with Crippen LogP contribution in [0.1, 0.15) is 20.3 Å². The van der Waals surface area contributed by atoms with Gasteiger partial charge in [0.15, 0.2) is 15.1 Å². The summed E-state index contributed by atoms with van der Waals surface area (Å²) in [6, 6.07) is 12.4. The smallest absolute Gasteiger partial charge is 0.324 e. The maximum absolute atomic E-state index is 12.6. The van der Waals surface area contributed by atoms with Crippen molar-refractivity contribution >= 4 is 26.6 Å². The van der Waals surface area contributed by atoms with E-state index in [1.807, 2.05) is 24.3 Å². The molecule has 21 heavy (non-hydrogen) atoms. The molecule has 0 saturated carbocycles. The van der Waals surface area contributed by atoms with Crippen LogP contribution >= 0.6 is 0 Å². The Bertz CT molecular complexity index is 750. The molecule has 0 heterocycles. The second-order valence-corrected chi connectivity index (χ2v) is 6.83. The van der Waals surface area contributed by atoms with E-state index >= 15 is 0 Å². The highest BCUT2D eigenvalue weighted by Gasteiger charge is 2.33. The number of benzene rings is 2. The van der Waals surface area contributed by atoms with Gasteiger partial charge in [-0.25, -0.2) is 8.42 Å². The van der Waals surface area contributed by atoms with Gasteiger partial charge in [-0.2, -0.15) is 0 Å². The van der Waals surface area contributed by atoms with Crippen molar-refractivity contribution in [3.63, 3.8) is 0 Å². The summed E-state index contributed by atoms with van der Waals surface area (Å²) in [5.41, 5.74) is 0. The second kappa shape index (κ2) is 6.26. The molecule has 112 valence electrons. The normalized spacial score (nSPS) is 13.0. The maximum Gasteiger partial charge on any atom is 0.324 e. The van der Waals surface area contributed by atoms with Gasteiger partial charge >= 0.3 is 5.97 Å². The van der Waals surface area contributed by atoms with Crippen LogP contribution in [0.3, 0.4) is 0 Å². The molecule has 0 saturated heterocycles. The van der Waals surface area contributed by atoms with Gasteiger partial charge in [0.25, 0.3) is 0 Å². The van der Waals surface area contributed by atoms with Crippen LogP contribution in [-0.4, -0.2) is 26.2 Å². The standard InChI is InChI=1S/C16H18O4S/c1-3-15(16(17)20-4-2)21(18,19)14-10-9-12-7-5-6-8-13(12)11-14/h5-11,15H,3-4H2,1-2H3. The van der Waals surface area contributed by atoms with Gasteiger partial charge in [0.1, 0.15) is 0 Å². The van der Waals surface area contributed by atoms with E-state index in [2.05, 4.69) is 0 Å². The second-order valence-electron chi connectivity index (χ2n) is 4.70. The minimum atomic E-state index is -3.74. The van der Waals surface area contributed by atoms with Crippen LogP contribution in [0.5, 0.6) is 0 Å². The Hall–Kier alpha value is -1.88. The van der Waals surface area contributed by atoms with Crippen molar-refractivity contribution in [3.8, 4) is 0 Å². The number of fused-ring (bicyclic) bond motifs is 1. The molecule has 1 unspecified atom stereocenters. The Labute approximate surface area is 124 Å². The molecule has 1 atom stereocenters. The average Bonchev–Trinajstić information content (AvgIpc) is 2.47. The predicted molar refractivity (Wildman–Crippen MR) is 81.8 cm³/mol. The summed E-state index contributed by atoms with van der Waals surface area (Å²) < 4.78 is 30.1. The van der Waals surface area contributed by atoms with Crippen LogP contribution in [-0.2, 0) is 19.4 Å². The monoisotopic (exact) mass is 306 g/mol. The number of esters is 1. The van der Waals surface area contributed by atoms with Crippen LogP contribution < -0.4 is 0 Å². The number of hydrogen-bond acceptors (Lipinski definition) is 4. The molecule has 0 N–H and O–H groups in total. The lowest BCUT2D eigenvalue weighted by molar-refractivity contribution is -0.142. The summed E-state index contributed by atoms with van der Waals surface area (Å²) in [4.78, 5) is 12.0. The molecule has 0 aliphatic heterocycles. The molecule has 4 nitrogen and oxygen atoms in total. The first-order valence-electron chi connectivity index (χ1n) is 6.90. The largest absolute Gasteiger partial charge is 0.465 e. The highest BCUT2D eigenvalue weighted by molar-refractivity contribution is 7.92. The number of carbonyl (C=O) groups is 1. The summed E-state index contributed by atoms with van der Waals surface area (Å²) >= 11 is 0. The molecular weight excluding hydrogens is 288 g/mol. The van der Waals surface area contributed by atoms with E-state index in [1.54, 1.807) is 32.0 Å². The first-order chi connectivity index (χ1) is 10.0. The molecule has 2 aromatic rings. The van der Waals surface area contributed by atoms with Crippen LogP contribution in [0.25, 0.3) is 10.8 Å². The maximum atomic E-state index is 12.6. The molecule has 0 amide bonds. The van der Waals surface area contributed by atoms with Crippen molar-refractivity contribution in [1.82, 2.24) is 0 Å². The highest BCUT2D eigenvalue weighted by Crippen LogP contribution is 2.24. The first-order valence-corrected chi connectivity index (χ1v) is 8.44. The SMILES string of the molecule is CCOC(=O)C(CC)S(=O)(=O)c1ccc2ccccc2c1. The highest BCUT2D eigenvalue weighted by atomic mass is 32.2. The Morgan fingerprint density at radius 1 is 1.10 bits per heavy atom. The van der Waals surface area contributed by atoms with Crippen molar-refractivity contribution in [2.45, 2.75) is 30.4 Å². The third-order valence-electron chi connectivity index (χ3n) is 3.34. The lowest BCUT2D eigenvalue weighted by Crippen LogP contribution is -2.31. The molecule has 0 aromatic heterocycles. The topological polar surface area (TPSA) is 60.4 Å². The number of rotatable bonds is 5. The molecule has 2 aromatic carbocycles.